The molecule has 3 aromatic carbocycles. The summed E-state index contributed by atoms with van der Waals surface area (Å²) < 4.78 is 32.9. The first-order chi connectivity index (χ1) is 13.0. The Morgan fingerprint density at radius 1 is 0.889 bits per heavy atom. The maximum absolute atomic E-state index is 12.6. The predicted octanol–water partition coefficient (Wildman–Crippen LogP) is 3.49. The zero-order valence-corrected chi connectivity index (χ0v) is 15.2. The molecule has 0 saturated heterocycles. The molecular weight excluding hydrogens is 364 g/mol. The van der Waals surface area contributed by atoms with Crippen LogP contribution in [-0.4, -0.2) is 20.5 Å². The van der Waals surface area contributed by atoms with Crippen LogP contribution in [0.2, 0.25) is 0 Å². The highest BCUT2D eigenvalue weighted by atomic mass is 32.2. The molecule has 0 aliphatic rings. The highest BCUT2D eigenvalue weighted by Crippen LogP contribution is 2.26. The Labute approximate surface area is 155 Å². The molecule has 2 N–H and O–H groups in total. The third-order valence-electron chi connectivity index (χ3n) is 4.35. The average molecular weight is 380 g/mol. The van der Waals surface area contributed by atoms with Crippen LogP contribution < -0.4 is 15.0 Å². The van der Waals surface area contributed by atoms with Gasteiger partial charge in [0.1, 0.15) is 5.75 Å². The van der Waals surface area contributed by atoms with E-state index in [1.54, 1.807) is 42.5 Å². The van der Waals surface area contributed by atoms with Crippen LogP contribution in [0.1, 0.15) is 0 Å². The van der Waals surface area contributed by atoms with Gasteiger partial charge in [-0.2, -0.15) is 0 Å². The number of aromatic amines is 1. The second-order valence-corrected chi connectivity index (χ2v) is 7.72. The molecule has 0 spiro atoms. The van der Waals surface area contributed by atoms with E-state index >= 15 is 0 Å². The number of rotatable bonds is 4. The molecule has 0 aliphatic heterocycles. The van der Waals surface area contributed by atoms with E-state index in [1.807, 2.05) is 12.1 Å². The fourth-order valence-electron chi connectivity index (χ4n) is 3.01. The van der Waals surface area contributed by atoms with E-state index in [1.165, 1.54) is 19.2 Å². The highest BCUT2D eigenvalue weighted by Gasteiger charge is 2.15. The second-order valence-electron chi connectivity index (χ2n) is 6.04. The lowest BCUT2D eigenvalue weighted by Crippen LogP contribution is -2.13. The third-order valence-corrected chi connectivity index (χ3v) is 5.75. The SMILES string of the molecule is COc1ccc(S(=O)(=O)Nc2ccc3[nH]c(=O)c4ccccc4c3c2)cc1. The molecule has 0 amide bonds. The number of hydrogen-bond donors (Lipinski definition) is 2. The minimum Gasteiger partial charge on any atom is -0.497 e. The maximum atomic E-state index is 12.6. The van der Waals surface area contributed by atoms with Crippen LogP contribution in [0.25, 0.3) is 21.7 Å². The monoisotopic (exact) mass is 380 g/mol. The minimum atomic E-state index is -3.75. The van der Waals surface area contributed by atoms with Gasteiger partial charge in [0.15, 0.2) is 0 Å². The Bertz CT molecular complexity index is 1310. The van der Waals surface area contributed by atoms with Gasteiger partial charge in [-0.25, -0.2) is 8.42 Å². The van der Waals surface area contributed by atoms with Gasteiger partial charge < -0.3 is 9.72 Å². The summed E-state index contributed by atoms with van der Waals surface area (Å²) in [7, 11) is -2.23. The Kier molecular flexibility index (Phi) is 4.08. The lowest BCUT2D eigenvalue weighted by molar-refractivity contribution is 0.414. The zero-order valence-electron chi connectivity index (χ0n) is 14.4. The quantitative estimate of drug-likeness (QED) is 0.531. The van der Waals surface area contributed by atoms with Crippen LogP contribution in [0, 0.1) is 0 Å². The van der Waals surface area contributed by atoms with Crippen LogP contribution in [0.3, 0.4) is 0 Å². The molecule has 1 heterocycles. The summed E-state index contributed by atoms with van der Waals surface area (Å²) in [4.78, 5) is 15.1. The van der Waals surface area contributed by atoms with Crippen molar-refractivity contribution in [3.63, 3.8) is 0 Å². The van der Waals surface area contributed by atoms with E-state index < -0.39 is 10.0 Å². The molecule has 0 bridgehead atoms. The molecule has 4 aromatic rings. The van der Waals surface area contributed by atoms with Gasteiger partial charge in [-0.3, -0.25) is 9.52 Å². The summed E-state index contributed by atoms with van der Waals surface area (Å²) in [5.41, 5.74) is 0.881. The molecule has 0 atom stereocenters. The van der Waals surface area contributed by atoms with Crippen LogP contribution in [-0.2, 0) is 10.0 Å². The molecule has 27 heavy (non-hydrogen) atoms. The normalized spacial score (nSPS) is 11.6. The number of ether oxygens (including phenoxy) is 1. The predicted molar refractivity (Wildman–Crippen MR) is 106 cm³/mol. The lowest BCUT2D eigenvalue weighted by Gasteiger charge is -2.10. The van der Waals surface area contributed by atoms with Crippen molar-refractivity contribution in [3.8, 4) is 5.75 Å². The van der Waals surface area contributed by atoms with E-state index in [0.29, 0.717) is 22.3 Å². The molecule has 0 radical (unpaired) electrons. The molecule has 136 valence electrons. The van der Waals surface area contributed by atoms with Crippen LogP contribution >= 0.6 is 0 Å². The molecule has 1 aromatic heterocycles. The first-order valence-corrected chi connectivity index (χ1v) is 9.68. The Hall–Kier alpha value is -3.32. The molecule has 0 fully saturated rings. The van der Waals surface area contributed by atoms with Crippen LogP contribution in [0.4, 0.5) is 5.69 Å². The largest absolute Gasteiger partial charge is 0.497 e. The van der Waals surface area contributed by atoms with Gasteiger partial charge in [-0.05, 0) is 53.9 Å². The number of aromatic nitrogens is 1. The topological polar surface area (TPSA) is 88.3 Å². The Morgan fingerprint density at radius 3 is 2.30 bits per heavy atom. The second kappa shape index (κ2) is 6.44. The van der Waals surface area contributed by atoms with Gasteiger partial charge in [-0.1, -0.05) is 18.2 Å². The number of H-pyrrole nitrogens is 1. The van der Waals surface area contributed by atoms with Gasteiger partial charge in [0.25, 0.3) is 15.6 Å². The maximum Gasteiger partial charge on any atom is 0.261 e. The summed E-state index contributed by atoms with van der Waals surface area (Å²) in [5.74, 6) is 0.579. The number of anilines is 1. The minimum absolute atomic E-state index is 0.134. The highest BCUT2D eigenvalue weighted by molar-refractivity contribution is 7.92. The van der Waals surface area contributed by atoms with E-state index in [0.717, 1.165) is 10.8 Å². The van der Waals surface area contributed by atoms with E-state index in [2.05, 4.69) is 9.71 Å². The van der Waals surface area contributed by atoms with Gasteiger partial charge in [0.05, 0.1) is 12.0 Å². The molecule has 6 nitrogen and oxygen atoms in total. The summed E-state index contributed by atoms with van der Waals surface area (Å²) in [5, 5.41) is 2.09. The summed E-state index contributed by atoms with van der Waals surface area (Å²) >= 11 is 0. The molecule has 0 unspecified atom stereocenters. The summed E-state index contributed by atoms with van der Waals surface area (Å²) in [6, 6.07) is 18.4. The van der Waals surface area contributed by atoms with Crippen molar-refractivity contribution in [1.29, 1.82) is 0 Å². The number of sulfonamides is 1. The molecule has 0 saturated carbocycles. The van der Waals surface area contributed by atoms with E-state index in [9.17, 15) is 13.2 Å². The molecular formula is C20H16N2O4S. The fraction of sp³-hybridized carbons (Fsp3) is 0.0500. The summed E-state index contributed by atoms with van der Waals surface area (Å²) in [6.07, 6.45) is 0. The smallest absolute Gasteiger partial charge is 0.261 e. The number of methoxy groups -OCH3 is 1. The molecule has 4 rings (SSSR count). The Balaban J connectivity index is 1.78. The van der Waals surface area contributed by atoms with Gasteiger partial charge in [-0.15, -0.1) is 0 Å². The van der Waals surface area contributed by atoms with Crippen molar-refractivity contribution >= 4 is 37.4 Å². The van der Waals surface area contributed by atoms with E-state index in [4.69, 9.17) is 4.74 Å². The standard InChI is InChI=1S/C20H16N2O4S/c1-26-14-7-9-15(10-8-14)27(24,25)22-13-6-11-19-18(12-13)16-4-2-3-5-17(16)20(23)21-19/h2-12,22H,1H3,(H,21,23). The van der Waals surface area contributed by atoms with E-state index in [-0.39, 0.29) is 10.5 Å². The van der Waals surface area contributed by atoms with Crippen molar-refractivity contribution in [2.75, 3.05) is 11.8 Å². The van der Waals surface area contributed by atoms with Gasteiger partial charge >= 0.3 is 0 Å². The fourth-order valence-corrected chi connectivity index (χ4v) is 4.06. The van der Waals surface area contributed by atoms with Crippen molar-refractivity contribution < 1.29 is 13.2 Å². The van der Waals surface area contributed by atoms with Crippen LogP contribution in [0.15, 0.2) is 76.4 Å². The van der Waals surface area contributed by atoms with Crippen molar-refractivity contribution in [2.45, 2.75) is 4.90 Å². The van der Waals surface area contributed by atoms with Crippen LogP contribution in [0.5, 0.6) is 5.75 Å². The average Bonchev–Trinajstić information content (AvgIpc) is 2.68. The number of nitrogens with one attached hydrogen (secondary N) is 2. The number of pyridine rings is 1. The third kappa shape index (κ3) is 3.13. The van der Waals surface area contributed by atoms with Gasteiger partial charge in [0, 0.05) is 22.0 Å². The molecule has 7 heteroatoms. The number of hydrogen-bond acceptors (Lipinski definition) is 4. The zero-order chi connectivity index (χ0) is 19.0. The lowest BCUT2D eigenvalue weighted by atomic mass is 10.1. The molecule has 0 aliphatic carbocycles. The first kappa shape index (κ1) is 17.1. The summed E-state index contributed by atoms with van der Waals surface area (Å²) in [6.45, 7) is 0. The Morgan fingerprint density at radius 2 is 1.59 bits per heavy atom. The van der Waals surface area contributed by atoms with Gasteiger partial charge in [0.2, 0.25) is 0 Å². The number of fused-ring (bicyclic) bond motifs is 3. The number of benzene rings is 3. The van der Waals surface area contributed by atoms with Crippen molar-refractivity contribution in [2.24, 2.45) is 0 Å². The van der Waals surface area contributed by atoms with Crippen molar-refractivity contribution in [3.05, 3.63) is 77.1 Å². The van der Waals surface area contributed by atoms with Crippen molar-refractivity contribution in [1.82, 2.24) is 4.98 Å². The first-order valence-electron chi connectivity index (χ1n) is 8.19.